The SMILES string of the molecule is CCCNC(=O)N(Cc1c(C(F)(F)F)nn(-c2ccccc2)c1N(C)C)CC1CC1. The second-order valence-electron chi connectivity index (χ2n) is 7.85. The molecule has 0 radical (unpaired) electrons. The average molecular weight is 423 g/mol. The second kappa shape index (κ2) is 8.97. The Hall–Kier alpha value is -2.71. The summed E-state index contributed by atoms with van der Waals surface area (Å²) < 4.78 is 43.1. The molecule has 1 saturated carbocycles. The van der Waals surface area contributed by atoms with E-state index >= 15 is 0 Å². The van der Waals surface area contributed by atoms with Crippen molar-refractivity contribution in [2.75, 3.05) is 32.1 Å². The number of carbonyl (C=O) groups excluding carboxylic acids is 1. The Balaban J connectivity index is 2.06. The Bertz CT molecular complexity index is 860. The second-order valence-corrected chi connectivity index (χ2v) is 7.85. The molecular weight excluding hydrogens is 395 g/mol. The van der Waals surface area contributed by atoms with Gasteiger partial charge in [-0.2, -0.15) is 18.3 Å². The van der Waals surface area contributed by atoms with E-state index in [4.69, 9.17) is 0 Å². The molecule has 1 aliphatic carbocycles. The Labute approximate surface area is 174 Å². The first-order valence-corrected chi connectivity index (χ1v) is 10.2. The minimum Gasteiger partial charge on any atom is -0.362 e. The summed E-state index contributed by atoms with van der Waals surface area (Å²) in [6.07, 6.45) is -1.89. The quantitative estimate of drug-likeness (QED) is 0.689. The molecule has 0 unspecified atom stereocenters. The molecule has 1 N–H and O–H groups in total. The highest BCUT2D eigenvalue weighted by atomic mass is 19.4. The topological polar surface area (TPSA) is 53.4 Å². The van der Waals surface area contributed by atoms with Gasteiger partial charge in [0.25, 0.3) is 0 Å². The number of anilines is 1. The number of hydrogen-bond acceptors (Lipinski definition) is 3. The van der Waals surface area contributed by atoms with Crippen molar-refractivity contribution in [3.8, 4) is 5.69 Å². The van der Waals surface area contributed by atoms with Crippen LogP contribution in [0, 0.1) is 5.92 Å². The lowest BCUT2D eigenvalue weighted by Gasteiger charge is -2.25. The van der Waals surface area contributed by atoms with Crippen LogP contribution in [0.2, 0.25) is 0 Å². The number of rotatable bonds is 8. The maximum atomic E-state index is 13.9. The number of alkyl halides is 3. The van der Waals surface area contributed by atoms with Gasteiger partial charge in [0.15, 0.2) is 5.69 Å². The summed E-state index contributed by atoms with van der Waals surface area (Å²) in [5.74, 6) is 0.663. The van der Waals surface area contributed by atoms with Crippen molar-refractivity contribution in [1.82, 2.24) is 20.0 Å². The standard InChI is InChI=1S/C21H28F3N5O/c1-4-12-25-20(30)28(13-15-10-11-15)14-17-18(21(22,23)24)26-29(19(17)27(2)3)16-8-6-5-7-9-16/h5-9,15H,4,10-14H2,1-3H3,(H,25,30). The molecule has 1 aliphatic rings. The van der Waals surface area contributed by atoms with E-state index in [-0.39, 0.29) is 18.1 Å². The summed E-state index contributed by atoms with van der Waals surface area (Å²) in [7, 11) is 3.37. The summed E-state index contributed by atoms with van der Waals surface area (Å²) in [5.41, 5.74) is -0.426. The van der Waals surface area contributed by atoms with Gasteiger partial charge in [-0.15, -0.1) is 0 Å². The van der Waals surface area contributed by atoms with Crippen LogP contribution >= 0.6 is 0 Å². The smallest absolute Gasteiger partial charge is 0.362 e. The van der Waals surface area contributed by atoms with Crippen LogP contribution in [0.25, 0.3) is 5.69 Å². The van der Waals surface area contributed by atoms with Gasteiger partial charge in [0, 0.05) is 32.7 Å². The van der Waals surface area contributed by atoms with E-state index in [1.807, 2.05) is 6.92 Å². The maximum Gasteiger partial charge on any atom is 0.435 e. The fourth-order valence-corrected chi connectivity index (χ4v) is 3.39. The van der Waals surface area contributed by atoms with Crippen LogP contribution < -0.4 is 10.2 Å². The zero-order valence-electron chi connectivity index (χ0n) is 17.5. The molecule has 2 aromatic rings. The molecule has 0 aliphatic heterocycles. The fourth-order valence-electron chi connectivity index (χ4n) is 3.39. The number of nitrogens with one attached hydrogen (secondary N) is 1. The zero-order chi connectivity index (χ0) is 21.9. The molecule has 9 heteroatoms. The van der Waals surface area contributed by atoms with Gasteiger partial charge in [-0.05, 0) is 37.3 Å². The highest BCUT2D eigenvalue weighted by molar-refractivity contribution is 5.74. The van der Waals surface area contributed by atoms with E-state index in [1.165, 1.54) is 9.58 Å². The minimum absolute atomic E-state index is 0.00338. The van der Waals surface area contributed by atoms with Crippen molar-refractivity contribution in [2.24, 2.45) is 5.92 Å². The number of urea groups is 1. The van der Waals surface area contributed by atoms with Crippen LogP contribution in [-0.2, 0) is 12.7 Å². The Kier molecular flexibility index (Phi) is 6.58. The molecule has 0 saturated heterocycles. The molecule has 0 spiro atoms. The van der Waals surface area contributed by atoms with E-state index in [2.05, 4.69) is 10.4 Å². The number of halogens is 3. The molecule has 1 heterocycles. The number of carbonyl (C=O) groups is 1. The summed E-state index contributed by atoms with van der Waals surface area (Å²) in [6.45, 7) is 2.70. The first-order valence-electron chi connectivity index (χ1n) is 10.2. The average Bonchev–Trinajstić information content (AvgIpc) is 3.42. The number of amides is 2. The lowest BCUT2D eigenvalue weighted by Crippen LogP contribution is -2.41. The number of aromatic nitrogens is 2. The Morgan fingerprint density at radius 1 is 1.23 bits per heavy atom. The maximum absolute atomic E-state index is 13.9. The van der Waals surface area contributed by atoms with E-state index in [9.17, 15) is 18.0 Å². The van der Waals surface area contributed by atoms with Crippen molar-refractivity contribution in [1.29, 1.82) is 0 Å². The molecule has 0 bridgehead atoms. The van der Waals surface area contributed by atoms with Crippen molar-refractivity contribution in [3.05, 3.63) is 41.6 Å². The van der Waals surface area contributed by atoms with E-state index in [0.717, 1.165) is 19.3 Å². The highest BCUT2D eigenvalue weighted by Crippen LogP contribution is 2.38. The first kappa shape index (κ1) is 22.0. The van der Waals surface area contributed by atoms with Crippen molar-refractivity contribution in [3.63, 3.8) is 0 Å². The Morgan fingerprint density at radius 3 is 2.43 bits per heavy atom. The van der Waals surface area contributed by atoms with Gasteiger partial charge in [-0.3, -0.25) is 0 Å². The largest absolute Gasteiger partial charge is 0.435 e. The number of hydrogen-bond donors (Lipinski definition) is 1. The van der Waals surface area contributed by atoms with Gasteiger partial charge >= 0.3 is 12.2 Å². The van der Waals surface area contributed by atoms with Gasteiger partial charge in [0.2, 0.25) is 0 Å². The van der Waals surface area contributed by atoms with Gasteiger partial charge in [-0.1, -0.05) is 25.1 Å². The summed E-state index contributed by atoms with van der Waals surface area (Å²) in [6, 6.07) is 8.37. The third-order valence-corrected chi connectivity index (χ3v) is 4.99. The van der Waals surface area contributed by atoms with Gasteiger partial charge < -0.3 is 15.1 Å². The highest BCUT2D eigenvalue weighted by Gasteiger charge is 2.41. The van der Waals surface area contributed by atoms with Gasteiger partial charge in [0.1, 0.15) is 5.82 Å². The first-order chi connectivity index (χ1) is 14.2. The predicted octanol–water partition coefficient (Wildman–Crippen LogP) is 4.29. The Morgan fingerprint density at radius 2 is 1.90 bits per heavy atom. The monoisotopic (exact) mass is 423 g/mol. The molecular formula is C21H28F3N5O. The number of benzene rings is 1. The summed E-state index contributed by atoms with van der Waals surface area (Å²) in [4.78, 5) is 15.8. The van der Waals surface area contributed by atoms with Crippen molar-refractivity contribution >= 4 is 11.8 Å². The molecule has 6 nitrogen and oxygen atoms in total. The lowest BCUT2D eigenvalue weighted by atomic mass is 10.2. The summed E-state index contributed by atoms with van der Waals surface area (Å²) in [5, 5.41) is 6.73. The molecule has 1 aromatic carbocycles. The third-order valence-electron chi connectivity index (χ3n) is 4.99. The van der Waals surface area contributed by atoms with Crippen LogP contribution in [0.5, 0.6) is 0 Å². The molecule has 1 aromatic heterocycles. The fraction of sp³-hybridized carbons (Fsp3) is 0.524. The number of nitrogens with zero attached hydrogens (tertiary/aromatic N) is 4. The van der Waals surface area contributed by atoms with E-state index < -0.39 is 11.9 Å². The molecule has 30 heavy (non-hydrogen) atoms. The molecule has 3 rings (SSSR count). The molecule has 0 atom stereocenters. The predicted molar refractivity (Wildman–Crippen MR) is 110 cm³/mol. The van der Waals surface area contributed by atoms with Crippen LogP contribution in [0.3, 0.4) is 0 Å². The van der Waals surface area contributed by atoms with E-state index in [0.29, 0.717) is 30.5 Å². The lowest BCUT2D eigenvalue weighted by molar-refractivity contribution is -0.142. The molecule has 164 valence electrons. The van der Waals surface area contributed by atoms with Crippen molar-refractivity contribution < 1.29 is 18.0 Å². The van der Waals surface area contributed by atoms with E-state index in [1.54, 1.807) is 49.3 Å². The van der Waals surface area contributed by atoms with Crippen LogP contribution in [0.4, 0.5) is 23.8 Å². The van der Waals surface area contributed by atoms with Crippen molar-refractivity contribution in [2.45, 2.75) is 38.9 Å². The normalized spacial score (nSPS) is 13.9. The minimum atomic E-state index is -4.63. The number of para-hydroxylation sites is 1. The van der Waals surface area contributed by atoms with Gasteiger partial charge in [-0.25, -0.2) is 9.48 Å². The molecule has 2 amide bonds. The van der Waals surface area contributed by atoms with Crippen LogP contribution in [-0.4, -0.2) is 47.9 Å². The zero-order valence-corrected chi connectivity index (χ0v) is 17.5. The van der Waals surface area contributed by atoms with Crippen LogP contribution in [0.15, 0.2) is 30.3 Å². The van der Waals surface area contributed by atoms with Gasteiger partial charge in [0.05, 0.1) is 12.2 Å². The van der Waals surface area contributed by atoms with Crippen LogP contribution in [0.1, 0.15) is 37.4 Å². The summed E-state index contributed by atoms with van der Waals surface area (Å²) >= 11 is 0. The molecule has 1 fully saturated rings. The third kappa shape index (κ3) is 5.06.